The number of nitrogen functional groups attached to an aromatic ring is 1. The number of aryl methyl sites for hydroxylation is 1. The summed E-state index contributed by atoms with van der Waals surface area (Å²) in [6.07, 6.45) is 3.63. The van der Waals surface area contributed by atoms with Crippen LogP contribution in [0.4, 0.5) is 0 Å². The molecule has 0 atom stereocenters. The van der Waals surface area contributed by atoms with E-state index in [0.29, 0.717) is 0 Å². The van der Waals surface area contributed by atoms with Crippen LogP contribution in [0.1, 0.15) is 29.8 Å². The second kappa shape index (κ2) is 3.80. The molecule has 1 aliphatic carbocycles. The molecule has 2 heterocycles. The Morgan fingerprint density at radius 3 is 3.06 bits per heavy atom. The number of thioether (sulfide) groups is 1. The van der Waals surface area contributed by atoms with E-state index >= 15 is 0 Å². The van der Waals surface area contributed by atoms with Crippen LogP contribution in [0.2, 0.25) is 0 Å². The van der Waals surface area contributed by atoms with Crippen molar-refractivity contribution >= 4 is 17.6 Å². The predicted octanol–water partition coefficient (Wildman–Crippen LogP) is 1.37. The maximum absolute atomic E-state index is 7.71. The summed E-state index contributed by atoms with van der Waals surface area (Å²) in [7, 11) is 0. The number of rotatable bonds is 3. The lowest BCUT2D eigenvalue weighted by Gasteiger charge is -2.10. The minimum absolute atomic E-state index is 0.178. The first kappa shape index (κ1) is 10.2. The van der Waals surface area contributed by atoms with E-state index in [1.165, 1.54) is 24.1 Å². The number of fused-ring (bicyclic) bond motifs is 1. The smallest absolute Gasteiger partial charge is 0.141 e. The third-order valence-electron chi connectivity index (χ3n) is 3.25. The van der Waals surface area contributed by atoms with Crippen molar-refractivity contribution in [2.45, 2.75) is 31.6 Å². The maximum Gasteiger partial charge on any atom is 0.141 e. The molecule has 1 fully saturated rings. The largest absolute Gasteiger partial charge is 0.382 e. The van der Waals surface area contributed by atoms with Gasteiger partial charge in [0.2, 0.25) is 0 Å². The van der Waals surface area contributed by atoms with E-state index in [4.69, 9.17) is 11.1 Å². The third-order valence-corrected chi connectivity index (χ3v) is 4.23. The molecule has 1 aliphatic heterocycles. The van der Waals surface area contributed by atoms with Crippen molar-refractivity contribution in [1.29, 1.82) is 5.41 Å². The van der Waals surface area contributed by atoms with Gasteiger partial charge < -0.3 is 5.73 Å². The molecule has 3 N–H and O–H groups in total. The number of aromatic nitrogens is 2. The summed E-state index contributed by atoms with van der Waals surface area (Å²) in [6, 6.07) is 0. The minimum atomic E-state index is 0.178. The van der Waals surface area contributed by atoms with Gasteiger partial charge in [0, 0.05) is 24.3 Å². The van der Waals surface area contributed by atoms with Gasteiger partial charge in [-0.2, -0.15) is 16.9 Å². The summed E-state index contributed by atoms with van der Waals surface area (Å²) in [4.78, 5) is 0. The summed E-state index contributed by atoms with van der Waals surface area (Å²) in [5.74, 6) is 3.06. The van der Waals surface area contributed by atoms with E-state index in [1.54, 1.807) is 0 Å². The average Bonchev–Trinajstić information content (AvgIpc) is 2.97. The second-order valence-corrected chi connectivity index (χ2v) is 5.72. The topological polar surface area (TPSA) is 67.7 Å². The fraction of sp³-hybridized carbons (Fsp3) is 0.636. The fourth-order valence-electron chi connectivity index (χ4n) is 2.22. The zero-order valence-corrected chi connectivity index (χ0v) is 10.0. The molecule has 5 heteroatoms. The van der Waals surface area contributed by atoms with Crippen molar-refractivity contribution in [2.24, 2.45) is 11.7 Å². The lowest BCUT2D eigenvalue weighted by molar-refractivity contribution is 0.553. The van der Waals surface area contributed by atoms with Gasteiger partial charge in [-0.1, -0.05) is 0 Å². The highest BCUT2D eigenvalue weighted by atomic mass is 32.2. The molecule has 0 radical (unpaired) electrons. The van der Waals surface area contributed by atoms with E-state index in [9.17, 15) is 0 Å². The van der Waals surface area contributed by atoms with Crippen LogP contribution in [0, 0.1) is 11.3 Å². The zero-order chi connectivity index (χ0) is 11.1. The van der Waals surface area contributed by atoms with Gasteiger partial charge in [-0.15, -0.1) is 0 Å². The second-order valence-electron chi connectivity index (χ2n) is 4.62. The summed E-state index contributed by atoms with van der Waals surface area (Å²) in [6.45, 7) is 0.951. The molecule has 0 unspecified atom stereocenters. The van der Waals surface area contributed by atoms with Crippen molar-refractivity contribution in [2.75, 3.05) is 5.75 Å². The van der Waals surface area contributed by atoms with E-state index in [2.05, 4.69) is 5.10 Å². The number of hydrogen-bond donors (Lipinski definition) is 2. The lowest BCUT2D eigenvalue weighted by atomic mass is 10.1. The SMILES string of the molecule is N=C(N)c1c2c(nn1CC1CC1)CCSC2. The first-order valence-electron chi connectivity index (χ1n) is 5.76. The quantitative estimate of drug-likeness (QED) is 0.615. The molecular weight excluding hydrogens is 220 g/mol. The Hall–Kier alpha value is -0.970. The minimum Gasteiger partial charge on any atom is -0.382 e. The van der Waals surface area contributed by atoms with Crippen LogP contribution < -0.4 is 5.73 Å². The van der Waals surface area contributed by atoms with Crippen LogP contribution in [0.5, 0.6) is 0 Å². The summed E-state index contributed by atoms with van der Waals surface area (Å²) >= 11 is 1.91. The molecule has 0 aromatic carbocycles. The van der Waals surface area contributed by atoms with Crippen LogP contribution in [0.15, 0.2) is 0 Å². The Balaban J connectivity index is 2.00. The Labute approximate surface area is 99.1 Å². The summed E-state index contributed by atoms with van der Waals surface area (Å²) in [5.41, 5.74) is 8.96. The zero-order valence-electron chi connectivity index (χ0n) is 9.20. The van der Waals surface area contributed by atoms with Crippen LogP contribution in [0.25, 0.3) is 0 Å². The standard InChI is InChI=1S/C11H16N4S/c12-11(13)10-8-6-16-4-3-9(8)14-15(10)5-7-1-2-7/h7H,1-6H2,(H3,12,13). The van der Waals surface area contributed by atoms with Gasteiger partial charge in [-0.25, -0.2) is 0 Å². The highest BCUT2D eigenvalue weighted by molar-refractivity contribution is 7.98. The molecule has 1 aromatic rings. The van der Waals surface area contributed by atoms with Crippen LogP contribution in [0.3, 0.4) is 0 Å². The van der Waals surface area contributed by atoms with E-state index < -0.39 is 0 Å². The van der Waals surface area contributed by atoms with E-state index in [0.717, 1.165) is 36.1 Å². The van der Waals surface area contributed by atoms with Gasteiger partial charge in [-0.05, 0) is 24.5 Å². The molecule has 2 aliphatic rings. The molecule has 0 saturated heterocycles. The van der Waals surface area contributed by atoms with Crippen LogP contribution in [-0.2, 0) is 18.7 Å². The first-order chi connectivity index (χ1) is 7.75. The molecule has 3 rings (SSSR count). The van der Waals surface area contributed by atoms with Gasteiger partial charge in [0.05, 0.1) is 5.69 Å². The maximum atomic E-state index is 7.71. The molecule has 0 amide bonds. The normalized spacial score (nSPS) is 19.5. The van der Waals surface area contributed by atoms with Crippen LogP contribution >= 0.6 is 11.8 Å². The Bertz CT molecular complexity index is 433. The van der Waals surface area contributed by atoms with Crippen molar-refractivity contribution < 1.29 is 0 Å². The number of nitrogens with two attached hydrogens (primary N) is 1. The highest BCUT2D eigenvalue weighted by Gasteiger charge is 2.27. The van der Waals surface area contributed by atoms with E-state index in [-0.39, 0.29) is 5.84 Å². The Morgan fingerprint density at radius 2 is 2.38 bits per heavy atom. The van der Waals surface area contributed by atoms with Crippen molar-refractivity contribution in [3.8, 4) is 0 Å². The van der Waals surface area contributed by atoms with Gasteiger partial charge in [0.1, 0.15) is 11.5 Å². The molecule has 1 aromatic heterocycles. The van der Waals surface area contributed by atoms with Gasteiger partial charge in [0.25, 0.3) is 0 Å². The number of amidine groups is 1. The summed E-state index contributed by atoms with van der Waals surface area (Å²) in [5, 5.41) is 12.3. The molecule has 4 nitrogen and oxygen atoms in total. The number of nitrogens with one attached hydrogen (secondary N) is 1. The van der Waals surface area contributed by atoms with Crippen LogP contribution in [-0.4, -0.2) is 21.4 Å². The third kappa shape index (κ3) is 1.73. The van der Waals surface area contributed by atoms with E-state index in [1.807, 2.05) is 16.4 Å². The molecule has 0 bridgehead atoms. The van der Waals surface area contributed by atoms with Gasteiger partial charge >= 0.3 is 0 Å². The monoisotopic (exact) mass is 236 g/mol. The Kier molecular flexibility index (Phi) is 2.42. The predicted molar refractivity (Wildman–Crippen MR) is 65.8 cm³/mol. The van der Waals surface area contributed by atoms with Crippen molar-refractivity contribution in [3.05, 3.63) is 17.0 Å². The van der Waals surface area contributed by atoms with Crippen molar-refractivity contribution in [1.82, 2.24) is 9.78 Å². The number of hydrogen-bond acceptors (Lipinski definition) is 3. The van der Waals surface area contributed by atoms with Gasteiger partial charge in [-0.3, -0.25) is 10.1 Å². The molecule has 16 heavy (non-hydrogen) atoms. The fourth-order valence-corrected chi connectivity index (χ4v) is 3.21. The summed E-state index contributed by atoms with van der Waals surface area (Å²) < 4.78 is 1.98. The number of nitrogens with zero attached hydrogens (tertiary/aromatic N) is 2. The van der Waals surface area contributed by atoms with Gasteiger partial charge in [0.15, 0.2) is 0 Å². The molecule has 86 valence electrons. The first-order valence-corrected chi connectivity index (χ1v) is 6.92. The lowest BCUT2D eigenvalue weighted by Crippen LogP contribution is -2.20. The molecular formula is C11H16N4S. The molecule has 1 saturated carbocycles. The molecule has 0 spiro atoms. The Morgan fingerprint density at radius 1 is 1.56 bits per heavy atom. The van der Waals surface area contributed by atoms with Crippen molar-refractivity contribution in [3.63, 3.8) is 0 Å². The highest BCUT2D eigenvalue weighted by Crippen LogP contribution is 2.33. The average molecular weight is 236 g/mol.